The summed E-state index contributed by atoms with van der Waals surface area (Å²) in [5, 5.41) is 0. The molecule has 2 aromatic rings. The van der Waals surface area contributed by atoms with E-state index in [1.165, 1.54) is 0 Å². The number of aromatic nitrogens is 2. The molecule has 5 heteroatoms. The molecule has 0 aliphatic heterocycles. The van der Waals surface area contributed by atoms with E-state index >= 15 is 0 Å². The summed E-state index contributed by atoms with van der Waals surface area (Å²) in [6.07, 6.45) is 1.11. The maximum Gasteiger partial charge on any atom is 0.330 e. The molecule has 0 spiro atoms. The lowest BCUT2D eigenvalue weighted by Crippen LogP contribution is -2.10. The van der Waals surface area contributed by atoms with Gasteiger partial charge in [0.25, 0.3) is 6.01 Å². The third-order valence-electron chi connectivity index (χ3n) is 2.10. The molecule has 0 fully saturated rings. The Morgan fingerprint density at radius 3 is 3.00 bits per heavy atom. The van der Waals surface area contributed by atoms with E-state index in [2.05, 4.69) is 16.5 Å². The zero-order valence-corrected chi connectivity index (χ0v) is 9.18. The van der Waals surface area contributed by atoms with Gasteiger partial charge in [-0.2, -0.15) is 4.98 Å². The van der Waals surface area contributed by atoms with Crippen LogP contribution < -0.4 is 4.74 Å². The Kier molecular flexibility index (Phi) is 3.40. The SMILES string of the molecule is C=CC(=O)OCCOc1nc2ccccc2[nH]1. The van der Waals surface area contributed by atoms with Crippen molar-refractivity contribution in [1.29, 1.82) is 0 Å². The second kappa shape index (κ2) is 5.16. The van der Waals surface area contributed by atoms with E-state index in [0.29, 0.717) is 6.01 Å². The van der Waals surface area contributed by atoms with Crippen molar-refractivity contribution in [3.63, 3.8) is 0 Å². The number of benzene rings is 1. The molecular weight excluding hydrogens is 220 g/mol. The number of para-hydroxylation sites is 2. The van der Waals surface area contributed by atoms with Crippen molar-refractivity contribution in [2.45, 2.75) is 0 Å². The van der Waals surface area contributed by atoms with E-state index in [-0.39, 0.29) is 13.2 Å². The Bertz CT molecular complexity index is 500. The van der Waals surface area contributed by atoms with Crippen LogP contribution in [0.2, 0.25) is 0 Å². The number of esters is 1. The van der Waals surface area contributed by atoms with Crippen LogP contribution in [-0.2, 0) is 9.53 Å². The van der Waals surface area contributed by atoms with Gasteiger partial charge in [-0.15, -0.1) is 0 Å². The number of hydrogen-bond acceptors (Lipinski definition) is 4. The standard InChI is InChI=1S/C12H12N2O3/c1-2-11(15)16-7-8-17-12-13-9-5-3-4-6-10(9)14-12/h2-6H,1,7-8H2,(H,13,14). The van der Waals surface area contributed by atoms with Gasteiger partial charge in [0.05, 0.1) is 11.0 Å². The molecule has 0 saturated heterocycles. The summed E-state index contributed by atoms with van der Waals surface area (Å²) < 4.78 is 10.1. The first-order chi connectivity index (χ1) is 8.29. The van der Waals surface area contributed by atoms with Crippen molar-refractivity contribution < 1.29 is 14.3 Å². The highest BCUT2D eigenvalue weighted by Crippen LogP contribution is 2.14. The summed E-state index contributed by atoms with van der Waals surface area (Å²) in [6, 6.07) is 8.03. The van der Waals surface area contributed by atoms with Gasteiger partial charge in [-0.1, -0.05) is 18.7 Å². The molecule has 0 radical (unpaired) electrons. The normalized spacial score (nSPS) is 10.1. The number of H-pyrrole nitrogens is 1. The van der Waals surface area contributed by atoms with Gasteiger partial charge in [0.15, 0.2) is 0 Å². The fraction of sp³-hybridized carbons (Fsp3) is 0.167. The Labute approximate surface area is 98.1 Å². The minimum atomic E-state index is -0.460. The maximum absolute atomic E-state index is 10.7. The van der Waals surface area contributed by atoms with Gasteiger partial charge >= 0.3 is 5.97 Å². The number of aromatic amines is 1. The molecule has 88 valence electrons. The average molecular weight is 232 g/mol. The van der Waals surface area contributed by atoms with E-state index < -0.39 is 5.97 Å². The minimum absolute atomic E-state index is 0.169. The van der Waals surface area contributed by atoms with Gasteiger partial charge in [-0.05, 0) is 12.1 Å². The summed E-state index contributed by atoms with van der Waals surface area (Å²) in [5.41, 5.74) is 1.75. The molecular formula is C12H12N2O3. The molecule has 1 heterocycles. The monoisotopic (exact) mass is 232 g/mol. The largest absolute Gasteiger partial charge is 0.461 e. The van der Waals surface area contributed by atoms with E-state index in [1.54, 1.807) is 0 Å². The van der Waals surface area contributed by atoms with Gasteiger partial charge < -0.3 is 14.5 Å². The van der Waals surface area contributed by atoms with Crippen LogP contribution in [0.3, 0.4) is 0 Å². The van der Waals surface area contributed by atoms with Crippen LogP contribution in [-0.4, -0.2) is 29.2 Å². The summed E-state index contributed by atoms with van der Waals surface area (Å²) in [6.45, 7) is 3.71. The Hall–Kier alpha value is -2.30. The highest BCUT2D eigenvalue weighted by atomic mass is 16.6. The van der Waals surface area contributed by atoms with Gasteiger partial charge in [0.2, 0.25) is 0 Å². The van der Waals surface area contributed by atoms with Crippen LogP contribution in [0.25, 0.3) is 11.0 Å². The predicted molar refractivity (Wildman–Crippen MR) is 62.7 cm³/mol. The second-order valence-corrected chi connectivity index (χ2v) is 3.28. The highest BCUT2D eigenvalue weighted by molar-refractivity contribution is 5.81. The molecule has 5 nitrogen and oxygen atoms in total. The Morgan fingerprint density at radius 1 is 1.41 bits per heavy atom. The first-order valence-corrected chi connectivity index (χ1v) is 5.16. The number of nitrogens with one attached hydrogen (secondary N) is 1. The second-order valence-electron chi connectivity index (χ2n) is 3.28. The lowest BCUT2D eigenvalue weighted by molar-refractivity contribution is -0.138. The third kappa shape index (κ3) is 2.84. The number of rotatable bonds is 5. The Morgan fingerprint density at radius 2 is 2.24 bits per heavy atom. The zero-order chi connectivity index (χ0) is 12.1. The fourth-order valence-electron chi connectivity index (χ4n) is 1.34. The average Bonchev–Trinajstić information content (AvgIpc) is 2.76. The van der Waals surface area contributed by atoms with Crippen molar-refractivity contribution >= 4 is 17.0 Å². The van der Waals surface area contributed by atoms with E-state index in [9.17, 15) is 4.79 Å². The molecule has 0 bridgehead atoms. The van der Waals surface area contributed by atoms with Crippen molar-refractivity contribution in [2.24, 2.45) is 0 Å². The van der Waals surface area contributed by atoms with E-state index in [1.807, 2.05) is 24.3 Å². The van der Waals surface area contributed by atoms with Gasteiger partial charge in [0, 0.05) is 6.08 Å². The number of hydrogen-bond donors (Lipinski definition) is 1. The third-order valence-corrected chi connectivity index (χ3v) is 2.10. The van der Waals surface area contributed by atoms with Gasteiger partial charge in [-0.3, -0.25) is 0 Å². The molecule has 0 aliphatic carbocycles. The van der Waals surface area contributed by atoms with Crippen LogP contribution in [0.4, 0.5) is 0 Å². The topological polar surface area (TPSA) is 64.2 Å². The number of fused-ring (bicyclic) bond motifs is 1. The van der Waals surface area contributed by atoms with Crippen LogP contribution in [0.1, 0.15) is 0 Å². The fourth-order valence-corrected chi connectivity index (χ4v) is 1.34. The van der Waals surface area contributed by atoms with Crippen molar-refractivity contribution in [3.05, 3.63) is 36.9 Å². The molecule has 0 saturated carbocycles. The first-order valence-electron chi connectivity index (χ1n) is 5.16. The van der Waals surface area contributed by atoms with Crippen molar-refractivity contribution in [1.82, 2.24) is 9.97 Å². The molecule has 1 aromatic carbocycles. The number of imidazole rings is 1. The summed E-state index contributed by atoms with van der Waals surface area (Å²) in [5.74, 6) is -0.460. The highest BCUT2D eigenvalue weighted by Gasteiger charge is 2.02. The number of ether oxygens (including phenoxy) is 2. The minimum Gasteiger partial charge on any atom is -0.461 e. The maximum atomic E-state index is 10.7. The summed E-state index contributed by atoms with van der Waals surface area (Å²) in [4.78, 5) is 18.0. The lowest BCUT2D eigenvalue weighted by atomic mass is 10.3. The molecule has 0 amide bonds. The molecule has 2 rings (SSSR count). The Balaban J connectivity index is 1.87. The quantitative estimate of drug-likeness (QED) is 0.484. The van der Waals surface area contributed by atoms with Crippen molar-refractivity contribution in [3.8, 4) is 6.01 Å². The van der Waals surface area contributed by atoms with Crippen LogP contribution >= 0.6 is 0 Å². The first kappa shape index (κ1) is 11.2. The molecule has 17 heavy (non-hydrogen) atoms. The molecule has 0 atom stereocenters. The lowest BCUT2D eigenvalue weighted by Gasteiger charge is -2.02. The number of nitrogens with zero attached hydrogens (tertiary/aromatic N) is 1. The number of carbonyl (C=O) groups is 1. The summed E-state index contributed by atoms with van der Waals surface area (Å²) >= 11 is 0. The van der Waals surface area contributed by atoms with E-state index in [0.717, 1.165) is 17.1 Å². The van der Waals surface area contributed by atoms with Gasteiger partial charge in [-0.25, -0.2) is 4.79 Å². The van der Waals surface area contributed by atoms with Crippen LogP contribution in [0.5, 0.6) is 6.01 Å². The molecule has 1 aromatic heterocycles. The van der Waals surface area contributed by atoms with Crippen LogP contribution in [0.15, 0.2) is 36.9 Å². The predicted octanol–water partition coefficient (Wildman–Crippen LogP) is 1.67. The van der Waals surface area contributed by atoms with Gasteiger partial charge in [0.1, 0.15) is 13.2 Å². The van der Waals surface area contributed by atoms with Crippen LogP contribution in [0, 0.1) is 0 Å². The molecule has 0 aliphatic rings. The number of carbonyl (C=O) groups excluding carboxylic acids is 1. The zero-order valence-electron chi connectivity index (χ0n) is 9.18. The smallest absolute Gasteiger partial charge is 0.330 e. The van der Waals surface area contributed by atoms with Crippen molar-refractivity contribution in [2.75, 3.05) is 13.2 Å². The molecule has 0 unspecified atom stereocenters. The van der Waals surface area contributed by atoms with E-state index in [4.69, 9.17) is 9.47 Å². The molecule has 1 N–H and O–H groups in total. The summed E-state index contributed by atoms with van der Waals surface area (Å²) in [7, 11) is 0.